The topological polar surface area (TPSA) is 90.9 Å². The molecule has 1 N–H and O–H groups in total. The summed E-state index contributed by atoms with van der Waals surface area (Å²) in [5.41, 5.74) is 5.15. The van der Waals surface area contributed by atoms with E-state index in [1.165, 1.54) is 0 Å². The van der Waals surface area contributed by atoms with Gasteiger partial charge >= 0.3 is 0 Å². The van der Waals surface area contributed by atoms with E-state index in [2.05, 4.69) is 20.3 Å². The van der Waals surface area contributed by atoms with Gasteiger partial charge in [-0.25, -0.2) is 4.98 Å². The minimum atomic E-state index is 0.0735. The van der Waals surface area contributed by atoms with E-state index in [-0.39, 0.29) is 6.61 Å². The van der Waals surface area contributed by atoms with E-state index in [1.807, 2.05) is 61.1 Å². The second-order valence-electron chi connectivity index (χ2n) is 7.09. The minimum absolute atomic E-state index is 0.0735. The molecule has 0 aliphatic carbocycles. The molecule has 3 heterocycles. The standard InChI is InChI=1S/C22H20N6O2S/c1-27-12-16(11-23-27)22-24-17(14-31-22)13-30-21-7-6-15(8-9-29)10-20(21)28-25-18-4-2-3-5-19(18)26-28/h2-7,10-12,14,29H,8-9,13H2,1H3. The number of hydrogen-bond donors (Lipinski definition) is 1. The molecule has 156 valence electrons. The quantitative estimate of drug-likeness (QED) is 0.424. The van der Waals surface area contributed by atoms with Crippen LogP contribution >= 0.6 is 11.3 Å². The van der Waals surface area contributed by atoms with E-state index < -0.39 is 0 Å². The lowest BCUT2D eigenvalue weighted by molar-refractivity contribution is 0.296. The zero-order valence-electron chi connectivity index (χ0n) is 16.8. The van der Waals surface area contributed by atoms with Gasteiger partial charge in [0.1, 0.15) is 34.1 Å². The Balaban J connectivity index is 1.43. The molecule has 0 atom stereocenters. The summed E-state index contributed by atoms with van der Waals surface area (Å²) in [6.45, 7) is 0.397. The number of aromatic nitrogens is 6. The Morgan fingerprint density at radius 2 is 1.90 bits per heavy atom. The summed E-state index contributed by atoms with van der Waals surface area (Å²) >= 11 is 1.56. The fourth-order valence-corrected chi connectivity index (χ4v) is 4.06. The number of fused-ring (bicyclic) bond motifs is 1. The molecule has 0 aliphatic rings. The number of aliphatic hydroxyl groups is 1. The van der Waals surface area contributed by atoms with E-state index in [0.29, 0.717) is 18.8 Å². The van der Waals surface area contributed by atoms with E-state index in [1.54, 1.807) is 27.0 Å². The molecule has 3 aromatic heterocycles. The maximum Gasteiger partial charge on any atom is 0.147 e. The van der Waals surface area contributed by atoms with Crippen LogP contribution in [0, 0.1) is 0 Å². The van der Waals surface area contributed by atoms with Crippen molar-refractivity contribution in [3.8, 4) is 22.0 Å². The molecule has 0 radical (unpaired) electrons. The molecule has 0 spiro atoms. The van der Waals surface area contributed by atoms with Gasteiger partial charge in [0.15, 0.2) is 0 Å². The first-order valence-electron chi connectivity index (χ1n) is 9.82. The predicted octanol–water partition coefficient (Wildman–Crippen LogP) is 3.39. The van der Waals surface area contributed by atoms with E-state index in [4.69, 9.17) is 4.74 Å². The average molecular weight is 433 g/mol. The van der Waals surface area contributed by atoms with Crippen LogP contribution in [0.25, 0.3) is 27.3 Å². The van der Waals surface area contributed by atoms with Gasteiger partial charge in [0.2, 0.25) is 0 Å². The molecule has 9 heteroatoms. The van der Waals surface area contributed by atoms with Gasteiger partial charge in [-0.15, -0.1) is 26.3 Å². The third-order valence-electron chi connectivity index (χ3n) is 4.81. The number of nitrogens with zero attached hydrogens (tertiary/aromatic N) is 6. The van der Waals surface area contributed by atoms with Gasteiger partial charge in [0.05, 0.1) is 11.9 Å². The lowest BCUT2D eigenvalue weighted by Gasteiger charge is -2.11. The van der Waals surface area contributed by atoms with Crippen molar-refractivity contribution in [1.82, 2.24) is 29.8 Å². The Kier molecular flexibility index (Phi) is 5.19. The number of aliphatic hydroxyl groups excluding tert-OH is 1. The Morgan fingerprint density at radius 3 is 2.61 bits per heavy atom. The molecule has 0 saturated carbocycles. The summed E-state index contributed by atoms with van der Waals surface area (Å²) in [6, 6.07) is 13.5. The maximum absolute atomic E-state index is 9.33. The summed E-state index contributed by atoms with van der Waals surface area (Å²) in [5, 5.41) is 25.6. The normalized spacial score (nSPS) is 11.3. The van der Waals surface area contributed by atoms with Crippen molar-refractivity contribution < 1.29 is 9.84 Å². The van der Waals surface area contributed by atoms with Crippen LogP contribution in [0.3, 0.4) is 0 Å². The number of hydrogen-bond acceptors (Lipinski definition) is 7. The summed E-state index contributed by atoms with van der Waals surface area (Å²) in [4.78, 5) is 6.25. The van der Waals surface area contributed by atoms with Crippen LogP contribution in [0.2, 0.25) is 0 Å². The second-order valence-corrected chi connectivity index (χ2v) is 7.95. The summed E-state index contributed by atoms with van der Waals surface area (Å²) in [5.74, 6) is 0.651. The highest BCUT2D eigenvalue weighted by Gasteiger charge is 2.13. The van der Waals surface area contributed by atoms with Crippen LogP contribution < -0.4 is 4.74 Å². The molecular formula is C22H20N6O2S. The Bertz CT molecular complexity index is 1310. The lowest BCUT2D eigenvalue weighted by Crippen LogP contribution is -2.05. The van der Waals surface area contributed by atoms with Crippen LogP contribution in [0.1, 0.15) is 11.3 Å². The predicted molar refractivity (Wildman–Crippen MR) is 118 cm³/mol. The van der Waals surface area contributed by atoms with Crippen molar-refractivity contribution >= 4 is 22.4 Å². The minimum Gasteiger partial charge on any atom is -0.485 e. The second kappa shape index (κ2) is 8.29. The van der Waals surface area contributed by atoms with Crippen molar-refractivity contribution in [2.24, 2.45) is 7.05 Å². The van der Waals surface area contributed by atoms with Crippen LogP contribution in [0.5, 0.6) is 5.75 Å². The lowest BCUT2D eigenvalue weighted by atomic mass is 10.1. The van der Waals surface area contributed by atoms with E-state index >= 15 is 0 Å². The number of ether oxygens (including phenoxy) is 1. The number of benzene rings is 2. The summed E-state index contributed by atoms with van der Waals surface area (Å²) in [6.07, 6.45) is 4.29. The van der Waals surface area contributed by atoms with Crippen LogP contribution in [-0.2, 0) is 20.1 Å². The largest absolute Gasteiger partial charge is 0.485 e. The first kappa shape index (κ1) is 19.4. The monoisotopic (exact) mass is 432 g/mol. The Morgan fingerprint density at radius 1 is 1.10 bits per heavy atom. The van der Waals surface area contributed by atoms with Crippen LogP contribution in [0.4, 0.5) is 0 Å². The van der Waals surface area contributed by atoms with Crippen molar-refractivity contribution in [3.63, 3.8) is 0 Å². The van der Waals surface area contributed by atoms with Crippen LogP contribution in [0.15, 0.2) is 60.2 Å². The highest BCUT2D eigenvalue weighted by Crippen LogP contribution is 2.27. The smallest absolute Gasteiger partial charge is 0.147 e. The van der Waals surface area contributed by atoms with Gasteiger partial charge in [0, 0.05) is 30.8 Å². The average Bonchev–Trinajstić information content (AvgIpc) is 3.52. The Labute approximate surface area is 182 Å². The molecule has 5 rings (SSSR count). The molecule has 0 fully saturated rings. The molecule has 8 nitrogen and oxygen atoms in total. The Hall–Kier alpha value is -3.56. The molecule has 0 unspecified atom stereocenters. The third-order valence-corrected chi connectivity index (χ3v) is 5.75. The van der Waals surface area contributed by atoms with Gasteiger partial charge < -0.3 is 9.84 Å². The van der Waals surface area contributed by atoms with Gasteiger partial charge in [-0.3, -0.25) is 4.68 Å². The van der Waals surface area contributed by atoms with Gasteiger partial charge in [0.25, 0.3) is 0 Å². The maximum atomic E-state index is 9.33. The van der Waals surface area contributed by atoms with E-state index in [9.17, 15) is 5.11 Å². The van der Waals surface area contributed by atoms with Crippen molar-refractivity contribution in [1.29, 1.82) is 0 Å². The van der Waals surface area contributed by atoms with Crippen molar-refractivity contribution in [3.05, 3.63) is 71.5 Å². The first-order chi connectivity index (χ1) is 15.2. The summed E-state index contributed by atoms with van der Waals surface area (Å²) in [7, 11) is 1.88. The number of thiazole rings is 1. The first-order valence-corrected chi connectivity index (χ1v) is 10.7. The van der Waals surface area contributed by atoms with Crippen molar-refractivity contribution in [2.45, 2.75) is 13.0 Å². The van der Waals surface area contributed by atoms with Crippen molar-refractivity contribution in [2.75, 3.05) is 6.61 Å². The fraction of sp³-hybridized carbons (Fsp3) is 0.182. The zero-order chi connectivity index (χ0) is 21.2. The fourth-order valence-electron chi connectivity index (χ4n) is 3.28. The molecular weight excluding hydrogens is 412 g/mol. The number of aryl methyl sites for hydroxylation is 1. The molecule has 0 amide bonds. The SMILES string of the molecule is Cn1cc(-c2nc(COc3ccc(CCO)cc3-n3nc4ccccc4n3)cs2)cn1. The van der Waals surface area contributed by atoms with Crippen LogP contribution in [-0.4, -0.2) is 41.5 Å². The summed E-state index contributed by atoms with van der Waals surface area (Å²) < 4.78 is 7.88. The molecule has 0 bridgehead atoms. The zero-order valence-corrected chi connectivity index (χ0v) is 17.7. The molecule has 0 aliphatic heterocycles. The van der Waals surface area contributed by atoms with E-state index in [0.717, 1.165) is 38.5 Å². The molecule has 5 aromatic rings. The third kappa shape index (κ3) is 4.05. The van der Waals surface area contributed by atoms with Gasteiger partial charge in [-0.2, -0.15) is 5.10 Å². The molecule has 0 saturated heterocycles. The molecule has 31 heavy (non-hydrogen) atoms. The highest BCUT2D eigenvalue weighted by atomic mass is 32.1. The van der Waals surface area contributed by atoms with Gasteiger partial charge in [-0.1, -0.05) is 18.2 Å². The number of rotatable bonds is 7. The van der Waals surface area contributed by atoms with Gasteiger partial charge in [-0.05, 0) is 36.2 Å². The highest BCUT2D eigenvalue weighted by molar-refractivity contribution is 7.13. The molecule has 2 aromatic carbocycles.